The molecule has 1 aliphatic rings. The Morgan fingerprint density at radius 2 is 2.08 bits per heavy atom. The first-order valence-electron chi connectivity index (χ1n) is 8.39. The number of fused-ring (bicyclic) bond motifs is 3. The van der Waals surface area contributed by atoms with Crippen LogP contribution in [0.15, 0.2) is 30.3 Å². The first kappa shape index (κ1) is 15.0. The van der Waals surface area contributed by atoms with Gasteiger partial charge < -0.3 is 20.9 Å². The van der Waals surface area contributed by atoms with Crippen molar-refractivity contribution >= 4 is 33.4 Å². The van der Waals surface area contributed by atoms with Crippen LogP contribution in [0.4, 0.5) is 5.69 Å². The van der Waals surface area contributed by atoms with Crippen molar-refractivity contribution < 1.29 is 4.79 Å². The molecule has 0 saturated carbocycles. The summed E-state index contributed by atoms with van der Waals surface area (Å²) in [6.07, 6.45) is 0. The number of carbonyl (C=O) groups excluding carboxylic acids is 1. The Bertz CT molecular complexity index is 943. The first-order chi connectivity index (χ1) is 11.6. The van der Waals surface area contributed by atoms with Crippen LogP contribution < -0.4 is 16.0 Å². The summed E-state index contributed by atoms with van der Waals surface area (Å²) in [5, 5.41) is 5.58. The molecule has 2 heterocycles. The Balaban J connectivity index is 2.06. The number of hydrogen-bond donors (Lipinski definition) is 3. The molecule has 0 radical (unpaired) electrons. The molecule has 0 aliphatic carbocycles. The number of nitrogens with zero attached hydrogens (tertiary/aromatic N) is 1. The van der Waals surface area contributed by atoms with Gasteiger partial charge in [0.1, 0.15) is 0 Å². The second-order valence-electron chi connectivity index (χ2n) is 6.62. The molecule has 0 bridgehead atoms. The van der Waals surface area contributed by atoms with E-state index in [0.29, 0.717) is 11.6 Å². The Labute approximate surface area is 140 Å². The second kappa shape index (κ2) is 5.53. The van der Waals surface area contributed by atoms with Crippen LogP contribution in [0.2, 0.25) is 0 Å². The van der Waals surface area contributed by atoms with Crippen LogP contribution in [-0.2, 0) is 0 Å². The van der Waals surface area contributed by atoms with E-state index in [0.717, 1.165) is 52.7 Å². The topological polar surface area (TPSA) is 74.2 Å². The van der Waals surface area contributed by atoms with E-state index >= 15 is 0 Å². The van der Waals surface area contributed by atoms with Gasteiger partial charge in [-0.05, 0) is 31.5 Å². The number of piperazine rings is 1. The van der Waals surface area contributed by atoms with Gasteiger partial charge in [-0.25, -0.2) is 0 Å². The predicted octanol–water partition coefficient (Wildman–Crippen LogP) is 2.53. The molecule has 1 unspecified atom stereocenters. The maximum atomic E-state index is 12.4. The zero-order chi connectivity index (χ0) is 16.8. The average molecular weight is 322 g/mol. The summed E-state index contributed by atoms with van der Waals surface area (Å²) in [5.74, 6) is -0.379. The van der Waals surface area contributed by atoms with Crippen molar-refractivity contribution in [3.63, 3.8) is 0 Å². The van der Waals surface area contributed by atoms with E-state index in [2.05, 4.69) is 41.2 Å². The third-order valence-corrected chi connectivity index (χ3v) is 5.00. The smallest absolute Gasteiger partial charge is 0.252 e. The van der Waals surface area contributed by atoms with Crippen LogP contribution in [0, 0.1) is 6.92 Å². The van der Waals surface area contributed by atoms with Crippen molar-refractivity contribution in [1.29, 1.82) is 0 Å². The van der Waals surface area contributed by atoms with E-state index in [1.165, 1.54) is 0 Å². The number of carbonyl (C=O) groups is 1. The van der Waals surface area contributed by atoms with E-state index in [1.807, 2.05) is 18.2 Å². The van der Waals surface area contributed by atoms with E-state index < -0.39 is 0 Å². The van der Waals surface area contributed by atoms with Crippen LogP contribution in [0.3, 0.4) is 0 Å². The largest absolute Gasteiger partial charge is 0.365 e. The van der Waals surface area contributed by atoms with Gasteiger partial charge in [0, 0.05) is 42.0 Å². The molecule has 4 rings (SSSR count). The van der Waals surface area contributed by atoms with Crippen LogP contribution in [0.5, 0.6) is 0 Å². The minimum atomic E-state index is -0.379. The Kier molecular flexibility index (Phi) is 3.46. The van der Waals surface area contributed by atoms with Crippen LogP contribution in [0.1, 0.15) is 22.8 Å². The SMILES string of the molecule is Cc1cc2c([nH]c3ccccc32)c(C(N)=O)c1N1CCNCC1C. The van der Waals surface area contributed by atoms with Crippen molar-refractivity contribution in [2.45, 2.75) is 19.9 Å². The zero-order valence-corrected chi connectivity index (χ0v) is 14.0. The fourth-order valence-electron chi connectivity index (χ4n) is 3.89. The molecule has 1 saturated heterocycles. The number of anilines is 1. The van der Waals surface area contributed by atoms with Gasteiger partial charge in [0.05, 0.1) is 16.8 Å². The Morgan fingerprint density at radius 3 is 2.83 bits per heavy atom. The lowest BCUT2D eigenvalue weighted by Crippen LogP contribution is -2.50. The van der Waals surface area contributed by atoms with Gasteiger partial charge in [0.25, 0.3) is 5.91 Å². The Morgan fingerprint density at radius 1 is 1.29 bits per heavy atom. The lowest BCUT2D eigenvalue weighted by molar-refractivity contribution is 0.100. The number of nitrogens with two attached hydrogens (primary N) is 1. The maximum Gasteiger partial charge on any atom is 0.252 e. The molecule has 5 nitrogen and oxygen atoms in total. The fourth-order valence-corrected chi connectivity index (χ4v) is 3.89. The number of nitrogens with one attached hydrogen (secondary N) is 2. The monoisotopic (exact) mass is 322 g/mol. The zero-order valence-electron chi connectivity index (χ0n) is 14.0. The highest BCUT2D eigenvalue weighted by atomic mass is 16.1. The van der Waals surface area contributed by atoms with Gasteiger partial charge in [-0.3, -0.25) is 4.79 Å². The molecular formula is C19H22N4O. The van der Waals surface area contributed by atoms with E-state index in [-0.39, 0.29) is 5.91 Å². The molecule has 3 aromatic rings. The number of primary amides is 1. The number of aryl methyl sites for hydroxylation is 1. The van der Waals surface area contributed by atoms with Gasteiger partial charge in [-0.2, -0.15) is 0 Å². The van der Waals surface area contributed by atoms with Gasteiger partial charge in [0.2, 0.25) is 0 Å². The van der Waals surface area contributed by atoms with Crippen LogP contribution >= 0.6 is 0 Å². The number of para-hydroxylation sites is 1. The van der Waals surface area contributed by atoms with Crippen LogP contribution in [0.25, 0.3) is 21.8 Å². The minimum Gasteiger partial charge on any atom is -0.365 e. The summed E-state index contributed by atoms with van der Waals surface area (Å²) < 4.78 is 0. The molecule has 124 valence electrons. The fraction of sp³-hybridized carbons (Fsp3) is 0.316. The first-order valence-corrected chi connectivity index (χ1v) is 8.39. The van der Waals surface area contributed by atoms with Gasteiger partial charge in [-0.1, -0.05) is 18.2 Å². The number of rotatable bonds is 2. The summed E-state index contributed by atoms with van der Waals surface area (Å²) in [5.41, 5.74) is 10.4. The van der Waals surface area contributed by atoms with Gasteiger partial charge >= 0.3 is 0 Å². The minimum absolute atomic E-state index is 0.317. The van der Waals surface area contributed by atoms with E-state index in [9.17, 15) is 4.79 Å². The highest BCUT2D eigenvalue weighted by Crippen LogP contribution is 2.37. The molecule has 1 aromatic heterocycles. The summed E-state index contributed by atoms with van der Waals surface area (Å²) in [7, 11) is 0. The van der Waals surface area contributed by atoms with Crippen molar-refractivity contribution in [2.75, 3.05) is 24.5 Å². The maximum absolute atomic E-state index is 12.4. The highest BCUT2D eigenvalue weighted by Gasteiger charge is 2.27. The lowest BCUT2D eigenvalue weighted by Gasteiger charge is -2.37. The molecule has 1 atom stereocenters. The summed E-state index contributed by atoms with van der Waals surface area (Å²) >= 11 is 0. The normalized spacial score (nSPS) is 18.4. The molecule has 1 amide bonds. The van der Waals surface area contributed by atoms with Crippen molar-refractivity contribution in [3.05, 3.63) is 41.5 Å². The number of aromatic nitrogens is 1. The highest BCUT2D eigenvalue weighted by molar-refractivity contribution is 6.18. The number of H-pyrrole nitrogens is 1. The number of aromatic amines is 1. The Hall–Kier alpha value is -2.53. The third-order valence-electron chi connectivity index (χ3n) is 5.00. The van der Waals surface area contributed by atoms with Crippen molar-refractivity contribution in [1.82, 2.24) is 10.3 Å². The molecule has 4 N–H and O–H groups in total. The molecular weight excluding hydrogens is 300 g/mol. The van der Waals surface area contributed by atoms with Crippen molar-refractivity contribution in [2.24, 2.45) is 5.73 Å². The molecule has 2 aromatic carbocycles. The summed E-state index contributed by atoms with van der Waals surface area (Å²) in [6, 6.07) is 10.6. The molecule has 0 spiro atoms. The standard InChI is InChI=1S/C19H22N4O/c1-11-9-14-13-5-3-4-6-15(13)22-17(14)16(19(20)24)18(11)23-8-7-21-10-12(23)2/h3-6,9,12,21-22H,7-8,10H2,1-2H3,(H2,20,24). The summed E-state index contributed by atoms with van der Waals surface area (Å²) in [6.45, 7) is 6.92. The summed E-state index contributed by atoms with van der Waals surface area (Å²) in [4.78, 5) is 18.1. The van der Waals surface area contributed by atoms with Crippen molar-refractivity contribution in [3.8, 4) is 0 Å². The quantitative estimate of drug-likeness (QED) is 0.679. The number of benzene rings is 2. The van der Waals surface area contributed by atoms with Gasteiger partial charge in [-0.15, -0.1) is 0 Å². The van der Waals surface area contributed by atoms with Gasteiger partial charge in [0.15, 0.2) is 0 Å². The molecule has 1 fully saturated rings. The molecule has 1 aliphatic heterocycles. The lowest BCUT2D eigenvalue weighted by atomic mass is 9.99. The number of hydrogen-bond acceptors (Lipinski definition) is 3. The molecule has 5 heteroatoms. The average Bonchev–Trinajstić information content (AvgIpc) is 2.92. The second-order valence-corrected chi connectivity index (χ2v) is 6.62. The third kappa shape index (κ3) is 2.16. The van der Waals surface area contributed by atoms with Crippen LogP contribution in [-0.4, -0.2) is 36.6 Å². The van der Waals surface area contributed by atoms with E-state index in [1.54, 1.807) is 0 Å². The molecule has 24 heavy (non-hydrogen) atoms. The number of amides is 1. The van der Waals surface area contributed by atoms with E-state index in [4.69, 9.17) is 5.73 Å². The predicted molar refractivity (Wildman–Crippen MR) is 98.7 cm³/mol.